The van der Waals surface area contributed by atoms with Gasteiger partial charge in [-0.15, -0.1) is 0 Å². The number of aryl methyl sites for hydroxylation is 1. The molecule has 2 N–H and O–H groups in total. The van der Waals surface area contributed by atoms with Crippen LogP contribution in [0.4, 0.5) is 0 Å². The van der Waals surface area contributed by atoms with Gasteiger partial charge in [0.15, 0.2) is 0 Å². The summed E-state index contributed by atoms with van der Waals surface area (Å²) in [6.45, 7) is 3.02. The molecule has 1 aromatic rings. The number of H-pyrrole nitrogens is 1. The normalized spacial score (nSPS) is 10.2. The summed E-state index contributed by atoms with van der Waals surface area (Å²) in [4.78, 5) is 0. The quantitative estimate of drug-likeness (QED) is 0.647. The first-order valence-electron chi connectivity index (χ1n) is 3.54. The van der Waals surface area contributed by atoms with Gasteiger partial charge in [-0.1, -0.05) is 6.92 Å². The number of nitrogens with zero attached hydrogens (tertiary/aromatic N) is 1. The second kappa shape index (κ2) is 3.37. The molecule has 0 aliphatic carbocycles. The minimum atomic E-state index is 0.902. The van der Waals surface area contributed by atoms with E-state index in [4.69, 9.17) is 0 Å². The largest absolute Gasteiger partial charge is 0.316 e. The zero-order chi connectivity index (χ0) is 7.40. The molecule has 0 unspecified atom stereocenters. The van der Waals surface area contributed by atoms with Crippen molar-refractivity contribution in [1.29, 1.82) is 0 Å². The fraction of sp³-hybridized carbons (Fsp3) is 0.571. The van der Waals surface area contributed by atoms with Crippen LogP contribution in [0.25, 0.3) is 0 Å². The van der Waals surface area contributed by atoms with Gasteiger partial charge in [0.1, 0.15) is 0 Å². The molecule has 10 heavy (non-hydrogen) atoms. The average Bonchev–Trinajstić information content (AvgIpc) is 2.36. The predicted octanol–water partition coefficient (Wildman–Crippen LogP) is 0.692. The van der Waals surface area contributed by atoms with Crippen LogP contribution in [0.1, 0.15) is 18.2 Å². The van der Waals surface area contributed by atoms with Crippen LogP contribution in [0, 0.1) is 0 Å². The summed E-state index contributed by atoms with van der Waals surface area (Å²) in [5.41, 5.74) is 2.50. The standard InChI is InChI=1S/C7H13N3/c1-3-7-6(4-8-2)5-9-10-7/h5,8H,3-4H2,1-2H3,(H,9,10). The zero-order valence-corrected chi connectivity index (χ0v) is 6.44. The van der Waals surface area contributed by atoms with Gasteiger partial charge in [-0.05, 0) is 13.5 Å². The molecule has 0 aliphatic rings. The fourth-order valence-corrected chi connectivity index (χ4v) is 0.987. The first-order valence-corrected chi connectivity index (χ1v) is 3.54. The van der Waals surface area contributed by atoms with Crippen molar-refractivity contribution >= 4 is 0 Å². The lowest BCUT2D eigenvalue weighted by Crippen LogP contribution is -2.05. The van der Waals surface area contributed by atoms with Crippen molar-refractivity contribution in [1.82, 2.24) is 15.5 Å². The maximum absolute atomic E-state index is 3.95. The van der Waals surface area contributed by atoms with E-state index in [9.17, 15) is 0 Å². The third-order valence-electron chi connectivity index (χ3n) is 1.53. The van der Waals surface area contributed by atoms with Crippen molar-refractivity contribution in [3.05, 3.63) is 17.5 Å². The lowest BCUT2D eigenvalue weighted by Gasteiger charge is -1.96. The third kappa shape index (κ3) is 1.36. The van der Waals surface area contributed by atoms with Crippen molar-refractivity contribution in [3.63, 3.8) is 0 Å². The van der Waals surface area contributed by atoms with Gasteiger partial charge in [0, 0.05) is 17.8 Å². The van der Waals surface area contributed by atoms with Crippen LogP contribution in [-0.4, -0.2) is 17.2 Å². The molecule has 0 saturated carbocycles. The maximum Gasteiger partial charge on any atom is 0.0535 e. The molecule has 3 nitrogen and oxygen atoms in total. The monoisotopic (exact) mass is 139 g/mol. The van der Waals surface area contributed by atoms with Crippen LogP contribution in [0.15, 0.2) is 6.20 Å². The van der Waals surface area contributed by atoms with E-state index in [1.54, 1.807) is 0 Å². The molecule has 0 spiro atoms. The molecular weight excluding hydrogens is 126 g/mol. The van der Waals surface area contributed by atoms with Crippen molar-refractivity contribution in [3.8, 4) is 0 Å². The number of nitrogens with one attached hydrogen (secondary N) is 2. The van der Waals surface area contributed by atoms with E-state index in [0.717, 1.165) is 13.0 Å². The second-order valence-electron chi connectivity index (χ2n) is 2.26. The van der Waals surface area contributed by atoms with Gasteiger partial charge >= 0.3 is 0 Å². The highest BCUT2D eigenvalue weighted by molar-refractivity contribution is 5.15. The van der Waals surface area contributed by atoms with E-state index in [1.165, 1.54) is 11.3 Å². The van der Waals surface area contributed by atoms with Crippen molar-refractivity contribution in [2.75, 3.05) is 7.05 Å². The van der Waals surface area contributed by atoms with E-state index in [2.05, 4.69) is 22.4 Å². The van der Waals surface area contributed by atoms with Crippen molar-refractivity contribution < 1.29 is 0 Å². The summed E-state index contributed by atoms with van der Waals surface area (Å²) in [7, 11) is 1.94. The van der Waals surface area contributed by atoms with Gasteiger partial charge in [0.05, 0.1) is 6.20 Å². The first kappa shape index (κ1) is 7.28. The van der Waals surface area contributed by atoms with Crippen LogP contribution in [0.5, 0.6) is 0 Å². The molecule has 1 aromatic heterocycles. The molecular formula is C7H13N3. The van der Waals surface area contributed by atoms with Gasteiger partial charge in [0.25, 0.3) is 0 Å². The van der Waals surface area contributed by atoms with Gasteiger partial charge in [-0.2, -0.15) is 5.10 Å². The highest BCUT2D eigenvalue weighted by atomic mass is 15.1. The minimum absolute atomic E-state index is 0.902. The molecule has 0 bridgehead atoms. The summed E-state index contributed by atoms with van der Waals surface area (Å²) >= 11 is 0. The summed E-state index contributed by atoms with van der Waals surface area (Å²) in [6, 6.07) is 0. The van der Waals surface area contributed by atoms with Crippen LogP contribution in [-0.2, 0) is 13.0 Å². The van der Waals surface area contributed by atoms with Gasteiger partial charge in [0.2, 0.25) is 0 Å². The molecule has 0 aliphatic heterocycles. The van der Waals surface area contributed by atoms with Gasteiger partial charge < -0.3 is 5.32 Å². The molecule has 0 amide bonds. The lowest BCUT2D eigenvalue weighted by atomic mass is 10.2. The molecule has 0 fully saturated rings. The molecule has 1 rings (SSSR count). The highest BCUT2D eigenvalue weighted by Gasteiger charge is 1.99. The van der Waals surface area contributed by atoms with E-state index in [-0.39, 0.29) is 0 Å². The van der Waals surface area contributed by atoms with E-state index < -0.39 is 0 Å². The molecule has 0 aromatic carbocycles. The Labute approximate surface area is 60.8 Å². The lowest BCUT2D eigenvalue weighted by molar-refractivity contribution is 0.804. The number of hydrogen-bond donors (Lipinski definition) is 2. The Balaban J connectivity index is 2.70. The smallest absolute Gasteiger partial charge is 0.0535 e. The molecule has 0 radical (unpaired) electrons. The van der Waals surface area contributed by atoms with Gasteiger partial charge in [-0.25, -0.2) is 0 Å². The Morgan fingerprint density at radius 2 is 2.50 bits per heavy atom. The predicted molar refractivity (Wildman–Crippen MR) is 40.7 cm³/mol. The van der Waals surface area contributed by atoms with E-state index in [0.29, 0.717) is 0 Å². The number of hydrogen-bond acceptors (Lipinski definition) is 2. The molecule has 1 heterocycles. The SMILES string of the molecule is CCc1[nH]ncc1CNC. The summed E-state index contributed by atoms with van der Waals surface area (Å²) < 4.78 is 0. The van der Waals surface area contributed by atoms with Crippen LogP contribution in [0.2, 0.25) is 0 Å². The Bertz CT molecular complexity index is 192. The third-order valence-corrected chi connectivity index (χ3v) is 1.53. The van der Waals surface area contributed by atoms with E-state index in [1.807, 2.05) is 13.2 Å². The van der Waals surface area contributed by atoms with Crippen LogP contribution >= 0.6 is 0 Å². The van der Waals surface area contributed by atoms with Gasteiger partial charge in [-0.3, -0.25) is 5.10 Å². The number of rotatable bonds is 3. The highest BCUT2D eigenvalue weighted by Crippen LogP contribution is 2.03. The average molecular weight is 139 g/mol. The molecule has 3 heteroatoms. The molecule has 0 saturated heterocycles. The summed E-state index contributed by atoms with van der Waals surface area (Å²) in [5, 5.41) is 9.98. The Morgan fingerprint density at radius 3 is 3.10 bits per heavy atom. The number of aromatic nitrogens is 2. The molecule has 0 atom stereocenters. The van der Waals surface area contributed by atoms with Crippen molar-refractivity contribution in [2.45, 2.75) is 19.9 Å². The summed E-state index contributed by atoms with van der Waals surface area (Å²) in [5.74, 6) is 0. The Morgan fingerprint density at radius 1 is 1.70 bits per heavy atom. The topological polar surface area (TPSA) is 40.7 Å². The second-order valence-corrected chi connectivity index (χ2v) is 2.26. The van der Waals surface area contributed by atoms with Crippen LogP contribution in [0.3, 0.4) is 0 Å². The first-order chi connectivity index (χ1) is 4.88. The minimum Gasteiger partial charge on any atom is -0.316 e. The zero-order valence-electron chi connectivity index (χ0n) is 6.44. The Kier molecular flexibility index (Phi) is 2.45. The van der Waals surface area contributed by atoms with Crippen molar-refractivity contribution in [2.24, 2.45) is 0 Å². The summed E-state index contributed by atoms with van der Waals surface area (Å²) in [6.07, 6.45) is 2.90. The maximum atomic E-state index is 3.95. The fourth-order valence-electron chi connectivity index (χ4n) is 0.987. The molecule has 56 valence electrons. The van der Waals surface area contributed by atoms with E-state index >= 15 is 0 Å². The number of aromatic amines is 1. The Hall–Kier alpha value is -0.830. The van der Waals surface area contributed by atoms with Crippen LogP contribution < -0.4 is 5.32 Å².